The molecule has 2 rings (SSSR count). The van der Waals surface area contributed by atoms with Gasteiger partial charge in [0.25, 0.3) is 0 Å². The second-order valence-electron chi connectivity index (χ2n) is 5.36. The van der Waals surface area contributed by atoms with Gasteiger partial charge in [0.2, 0.25) is 11.8 Å². The molecule has 1 aliphatic rings. The number of urea groups is 1. The maximum Gasteiger partial charge on any atom is 0.316 e. The first kappa shape index (κ1) is 16.6. The number of nitrogens with two attached hydrogens (primary N) is 2. The minimum absolute atomic E-state index is 0.177. The lowest BCUT2D eigenvalue weighted by Crippen LogP contribution is -2.57. The Bertz CT molecular complexity index is 564. The minimum Gasteiger partial charge on any atom is -0.488 e. The molecular weight excluding hydrogens is 300 g/mol. The van der Waals surface area contributed by atoms with Crippen molar-refractivity contribution in [2.45, 2.75) is 37.5 Å². The van der Waals surface area contributed by atoms with Crippen molar-refractivity contribution in [1.82, 2.24) is 10.6 Å². The zero-order valence-electron chi connectivity index (χ0n) is 12.5. The van der Waals surface area contributed by atoms with Crippen molar-refractivity contribution in [3.05, 3.63) is 30.3 Å². The number of nitrogens with one attached hydrogen (secondary N) is 2. The normalized spacial score (nSPS) is 20.0. The van der Waals surface area contributed by atoms with E-state index in [0.717, 1.165) is 25.0 Å². The van der Waals surface area contributed by atoms with Crippen LogP contribution in [-0.2, 0) is 9.59 Å². The first-order valence-corrected chi connectivity index (χ1v) is 7.34. The second-order valence-corrected chi connectivity index (χ2v) is 5.36. The van der Waals surface area contributed by atoms with E-state index in [1.54, 1.807) is 0 Å². The molecule has 124 valence electrons. The van der Waals surface area contributed by atoms with Gasteiger partial charge in [0, 0.05) is 0 Å². The van der Waals surface area contributed by atoms with Crippen LogP contribution >= 0.6 is 0 Å². The van der Waals surface area contributed by atoms with E-state index in [1.165, 1.54) is 0 Å². The van der Waals surface area contributed by atoms with Crippen LogP contribution in [0, 0.1) is 0 Å². The Kier molecular flexibility index (Phi) is 5.40. The molecule has 0 heterocycles. The van der Waals surface area contributed by atoms with Crippen molar-refractivity contribution in [1.29, 1.82) is 0 Å². The predicted molar refractivity (Wildman–Crippen MR) is 82.3 cm³/mol. The van der Waals surface area contributed by atoms with Crippen LogP contribution in [0.1, 0.15) is 19.3 Å². The smallest absolute Gasteiger partial charge is 0.316 e. The number of hydrogen-bond donors (Lipinski definition) is 4. The summed E-state index contributed by atoms with van der Waals surface area (Å²) in [5, 5.41) is 4.87. The molecule has 8 nitrogen and oxygen atoms in total. The first-order valence-electron chi connectivity index (χ1n) is 7.34. The summed E-state index contributed by atoms with van der Waals surface area (Å²) >= 11 is 0. The quantitative estimate of drug-likeness (QED) is 0.531. The molecule has 8 heteroatoms. The van der Waals surface area contributed by atoms with Crippen molar-refractivity contribution < 1.29 is 19.1 Å². The maximum absolute atomic E-state index is 11.9. The molecule has 0 saturated heterocycles. The van der Waals surface area contributed by atoms with E-state index in [-0.39, 0.29) is 12.1 Å². The lowest BCUT2D eigenvalue weighted by Gasteiger charge is -2.23. The summed E-state index contributed by atoms with van der Waals surface area (Å²) in [6.45, 7) is 0. The summed E-state index contributed by atoms with van der Waals surface area (Å²) in [5.74, 6) is -1.29. The zero-order chi connectivity index (χ0) is 16.8. The summed E-state index contributed by atoms with van der Waals surface area (Å²) in [7, 11) is 0. The highest BCUT2D eigenvalue weighted by Gasteiger charge is 2.32. The van der Waals surface area contributed by atoms with Crippen LogP contribution in [-0.4, -0.2) is 36.0 Å². The Morgan fingerprint density at radius 1 is 1.09 bits per heavy atom. The van der Waals surface area contributed by atoms with Gasteiger partial charge in [-0.15, -0.1) is 0 Å². The highest BCUT2D eigenvalue weighted by molar-refractivity contribution is 6.05. The van der Waals surface area contributed by atoms with E-state index < -0.39 is 23.9 Å². The number of amides is 4. The summed E-state index contributed by atoms with van der Waals surface area (Å²) in [6, 6.07) is 6.85. The lowest BCUT2D eigenvalue weighted by atomic mass is 10.2. The minimum atomic E-state index is -1.54. The van der Waals surface area contributed by atoms with Crippen molar-refractivity contribution >= 4 is 17.8 Å². The molecule has 0 aliphatic heterocycles. The van der Waals surface area contributed by atoms with Gasteiger partial charge in [-0.2, -0.15) is 0 Å². The highest BCUT2D eigenvalue weighted by atomic mass is 16.5. The maximum atomic E-state index is 11.9. The standard InChI is InChI=1S/C15H20N4O4/c16-13(20)12(14(17)21)19-15(22)18-10-7-4-8-11(10)23-9-5-2-1-3-6-9/h1-3,5-6,10-12H,4,7-8H2,(H2,16,20)(H2,17,21)(H2,18,19,22)/t10-,11-/m1/s1. The van der Waals surface area contributed by atoms with Gasteiger partial charge in [-0.25, -0.2) is 4.79 Å². The fourth-order valence-electron chi connectivity index (χ4n) is 2.53. The molecule has 0 bridgehead atoms. The Balaban J connectivity index is 1.91. The molecule has 0 spiro atoms. The van der Waals surface area contributed by atoms with Crippen molar-refractivity contribution in [3.8, 4) is 5.75 Å². The van der Waals surface area contributed by atoms with E-state index in [0.29, 0.717) is 0 Å². The first-order chi connectivity index (χ1) is 11.0. The largest absolute Gasteiger partial charge is 0.488 e. The van der Waals surface area contributed by atoms with Crippen LogP contribution in [0.5, 0.6) is 5.75 Å². The molecule has 1 aliphatic carbocycles. The van der Waals surface area contributed by atoms with Gasteiger partial charge in [0.1, 0.15) is 11.9 Å². The van der Waals surface area contributed by atoms with Crippen LogP contribution in [0.25, 0.3) is 0 Å². The van der Waals surface area contributed by atoms with Crippen LogP contribution in [0.4, 0.5) is 4.79 Å². The fraction of sp³-hybridized carbons (Fsp3) is 0.400. The molecule has 6 N–H and O–H groups in total. The van der Waals surface area contributed by atoms with Gasteiger partial charge in [0.05, 0.1) is 6.04 Å². The summed E-state index contributed by atoms with van der Waals surface area (Å²) in [6.07, 6.45) is 2.26. The number of benzene rings is 1. The molecular formula is C15H20N4O4. The van der Waals surface area contributed by atoms with Gasteiger partial charge in [-0.1, -0.05) is 18.2 Å². The molecule has 23 heavy (non-hydrogen) atoms. The molecule has 1 fully saturated rings. The van der Waals surface area contributed by atoms with E-state index >= 15 is 0 Å². The van der Waals surface area contributed by atoms with Crippen LogP contribution in [0.2, 0.25) is 0 Å². The SMILES string of the molecule is NC(=O)C(NC(=O)N[C@@H]1CCC[C@H]1Oc1ccccc1)C(N)=O. The third kappa shape index (κ3) is 4.60. The Morgan fingerprint density at radius 2 is 1.74 bits per heavy atom. The van der Waals surface area contributed by atoms with Gasteiger partial charge in [-0.3, -0.25) is 9.59 Å². The molecule has 1 saturated carbocycles. The number of primary amides is 2. The molecule has 0 unspecified atom stereocenters. The van der Waals surface area contributed by atoms with E-state index in [2.05, 4.69) is 10.6 Å². The lowest BCUT2D eigenvalue weighted by molar-refractivity contribution is -0.128. The monoisotopic (exact) mass is 320 g/mol. The predicted octanol–water partition coefficient (Wildman–Crippen LogP) is -0.375. The van der Waals surface area contributed by atoms with Gasteiger partial charge in [0.15, 0.2) is 6.04 Å². The van der Waals surface area contributed by atoms with E-state index in [4.69, 9.17) is 16.2 Å². The number of carbonyl (C=O) groups is 3. The molecule has 1 aromatic rings. The third-order valence-electron chi connectivity index (χ3n) is 3.64. The fourth-order valence-corrected chi connectivity index (χ4v) is 2.53. The summed E-state index contributed by atoms with van der Waals surface area (Å²) in [5.41, 5.74) is 10.0. The zero-order valence-corrected chi connectivity index (χ0v) is 12.5. The number of ether oxygens (including phenoxy) is 1. The summed E-state index contributed by atoms with van der Waals surface area (Å²) in [4.78, 5) is 34.1. The Morgan fingerprint density at radius 3 is 2.35 bits per heavy atom. The number of hydrogen-bond acceptors (Lipinski definition) is 4. The van der Waals surface area contributed by atoms with Gasteiger partial charge < -0.3 is 26.8 Å². The van der Waals surface area contributed by atoms with Gasteiger partial charge in [-0.05, 0) is 31.4 Å². The van der Waals surface area contributed by atoms with Crippen LogP contribution < -0.4 is 26.8 Å². The second kappa shape index (κ2) is 7.48. The molecule has 1 aromatic carbocycles. The highest BCUT2D eigenvalue weighted by Crippen LogP contribution is 2.24. The Hall–Kier alpha value is -2.77. The third-order valence-corrected chi connectivity index (χ3v) is 3.64. The molecule has 0 radical (unpaired) electrons. The number of carbonyl (C=O) groups excluding carboxylic acids is 3. The topological polar surface area (TPSA) is 137 Å². The van der Waals surface area contributed by atoms with Gasteiger partial charge >= 0.3 is 6.03 Å². The summed E-state index contributed by atoms with van der Waals surface area (Å²) < 4.78 is 5.86. The van der Waals surface area contributed by atoms with Crippen LogP contribution in [0.15, 0.2) is 30.3 Å². The number of para-hydroxylation sites is 1. The Labute approximate surface area is 133 Å². The van der Waals surface area contributed by atoms with Crippen LogP contribution in [0.3, 0.4) is 0 Å². The van der Waals surface area contributed by atoms with Crippen molar-refractivity contribution in [3.63, 3.8) is 0 Å². The number of rotatable bonds is 6. The average Bonchev–Trinajstić information content (AvgIpc) is 2.92. The van der Waals surface area contributed by atoms with Crippen molar-refractivity contribution in [2.75, 3.05) is 0 Å². The van der Waals surface area contributed by atoms with E-state index in [1.807, 2.05) is 30.3 Å². The molecule has 4 amide bonds. The van der Waals surface area contributed by atoms with E-state index in [9.17, 15) is 14.4 Å². The average molecular weight is 320 g/mol. The van der Waals surface area contributed by atoms with Crippen molar-refractivity contribution in [2.24, 2.45) is 11.5 Å². The molecule has 0 aromatic heterocycles. The molecule has 2 atom stereocenters.